The molecule has 3 aliphatic rings. The molecule has 18 heavy (non-hydrogen) atoms. The van der Waals surface area contributed by atoms with Gasteiger partial charge in [-0.2, -0.15) is 4.98 Å². The van der Waals surface area contributed by atoms with E-state index in [1.807, 2.05) is 0 Å². The van der Waals surface area contributed by atoms with Crippen LogP contribution in [0.5, 0.6) is 0 Å². The zero-order valence-corrected chi connectivity index (χ0v) is 10.7. The van der Waals surface area contributed by atoms with Crippen molar-refractivity contribution in [2.24, 2.45) is 11.8 Å². The average molecular weight is 247 g/mol. The highest BCUT2D eigenvalue weighted by Gasteiger charge is 2.53. The van der Waals surface area contributed by atoms with Gasteiger partial charge in [0, 0.05) is 32.1 Å². The van der Waals surface area contributed by atoms with Crippen LogP contribution in [0.3, 0.4) is 0 Å². The fraction of sp³-hybridized carbons (Fsp3) is 0.846. The zero-order valence-electron chi connectivity index (χ0n) is 10.7. The Bertz CT molecular complexity index is 411. The molecule has 1 aliphatic heterocycles. The van der Waals surface area contributed by atoms with Gasteiger partial charge in [0.2, 0.25) is 5.95 Å². The molecule has 1 saturated heterocycles. The largest absolute Gasteiger partial charge is 0.337 e. The SMILES string of the molecule is C1CCC2C(C1)C2c1nc(N2CCNCC2)n[nH]1. The Morgan fingerprint density at radius 3 is 2.50 bits per heavy atom. The normalized spacial score (nSPS) is 35.3. The highest BCUT2D eigenvalue weighted by molar-refractivity contribution is 5.31. The number of aromatic nitrogens is 3. The summed E-state index contributed by atoms with van der Waals surface area (Å²) < 4.78 is 0. The first-order chi connectivity index (χ1) is 8.93. The van der Waals surface area contributed by atoms with Crippen LogP contribution in [-0.4, -0.2) is 41.4 Å². The molecule has 2 atom stereocenters. The molecule has 2 aliphatic carbocycles. The lowest BCUT2D eigenvalue weighted by molar-refractivity contribution is 0.480. The van der Waals surface area contributed by atoms with Crippen LogP contribution < -0.4 is 10.2 Å². The van der Waals surface area contributed by atoms with Gasteiger partial charge >= 0.3 is 0 Å². The standard InChI is InChI=1S/C13H21N5/c1-2-4-10-9(3-1)11(10)12-15-13(17-16-12)18-7-5-14-6-8-18/h9-11,14H,1-8H2,(H,15,16,17). The predicted octanol–water partition coefficient (Wildman–Crippen LogP) is 1.12. The molecule has 4 rings (SSSR count). The van der Waals surface area contributed by atoms with Gasteiger partial charge in [0.25, 0.3) is 0 Å². The van der Waals surface area contributed by atoms with Crippen LogP contribution in [0.2, 0.25) is 0 Å². The number of hydrogen-bond acceptors (Lipinski definition) is 4. The summed E-state index contributed by atoms with van der Waals surface area (Å²) in [6, 6.07) is 0. The van der Waals surface area contributed by atoms with Crippen molar-refractivity contribution >= 4 is 5.95 Å². The summed E-state index contributed by atoms with van der Waals surface area (Å²) in [7, 11) is 0. The van der Waals surface area contributed by atoms with Gasteiger partial charge in [0.15, 0.2) is 0 Å². The molecule has 0 amide bonds. The maximum absolute atomic E-state index is 4.75. The van der Waals surface area contributed by atoms with Crippen molar-refractivity contribution in [3.8, 4) is 0 Å². The maximum Gasteiger partial charge on any atom is 0.244 e. The van der Waals surface area contributed by atoms with E-state index in [1.165, 1.54) is 25.7 Å². The topological polar surface area (TPSA) is 56.8 Å². The summed E-state index contributed by atoms with van der Waals surface area (Å²) in [6.45, 7) is 4.13. The third-order valence-electron chi connectivity index (χ3n) is 4.86. The van der Waals surface area contributed by atoms with Gasteiger partial charge < -0.3 is 10.2 Å². The minimum atomic E-state index is 0.691. The Hall–Kier alpha value is -1.10. The Kier molecular flexibility index (Phi) is 2.53. The molecule has 98 valence electrons. The van der Waals surface area contributed by atoms with Gasteiger partial charge in [-0.15, -0.1) is 5.10 Å². The van der Waals surface area contributed by atoms with E-state index in [0.717, 1.165) is 49.8 Å². The highest BCUT2D eigenvalue weighted by atomic mass is 15.4. The number of hydrogen-bond donors (Lipinski definition) is 2. The van der Waals surface area contributed by atoms with E-state index in [0.29, 0.717) is 5.92 Å². The second kappa shape index (κ2) is 4.23. The third-order valence-corrected chi connectivity index (χ3v) is 4.86. The lowest BCUT2D eigenvalue weighted by atomic mass is 10.0. The molecule has 3 fully saturated rings. The van der Waals surface area contributed by atoms with Crippen molar-refractivity contribution < 1.29 is 0 Å². The number of anilines is 1. The summed E-state index contributed by atoms with van der Waals surface area (Å²) in [4.78, 5) is 7.03. The van der Waals surface area contributed by atoms with E-state index >= 15 is 0 Å². The first-order valence-electron chi connectivity index (χ1n) is 7.31. The summed E-state index contributed by atoms with van der Waals surface area (Å²) in [6.07, 6.45) is 5.63. The van der Waals surface area contributed by atoms with Crippen LogP contribution in [0.25, 0.3) is 0 Å². The van der Waals surface area contributed by atoms with E-state index in [1.54, 1.807) is 0 Å². The van der Waals surface area contributed by atoms with E-state index in [4.69, 9.17) is 4.98 Å². The van der Waals surface area contributed by atoms with E-state index in [-0.39, 0.29) is 0 Å². The van der Waals surface area contributed by atoms with Gasteiger partial charge in [0.05, 0.1) is 0 Å². The third kappa shape index (κ3) is 1.72. The molecule has 0 aromatic carbocycles. The quantitative estimate of drug-likeness (QED) is 0.822. The van der Waals surface area contributed by atoms with Gasteiger partial charge in [-0.1, -0.05) is 12.8 Å². The van der Waals surface area contributed by atoms with Crippen molar-refractivity contribution in [2.75, 3.05) is 31.1 Å². The van der Waals surface area contributed by atoms with Gasteiger partial charge in [0.1, 0.15) is 5.82 Å². The van der Waals surface area contributed by atoms with Crippen LogP contribution in [0.15, 0.2) is 0 Å². The van der Waals surface area contributed by atoms with E-state index < -0.39 is 0 Å². The Morgan fingerprint density at radius 2 is 1.78 bits per heavy atom. The second-order valence-corrected chi connectivity index (χ2v) is 5.90. The van der Waals surface area contributed by atoms with Gasteiger partial charge in [-0.05, 0) is 24.7 Å². The van der Waals surface area contributed by atoms with Crippen LogP contribution in [0, 0.1) is 11.8 Å². The minimum absolute atomic E-state index is 0.691. The summed E-state index contributed by atoms with van der Waals surface area (Å²) in [5.41, 5.74) is 0. The Labute approximate surface area is 107 Å². The molecule has 1 aromatic rings. The maximum atomic E-state index is 4.75. The predicted molar refractivity (Wildman–Crippen MR) is 69.7 cm³/mol. The van der Waals surface area contributed by atoms with Crippen molar-refractivity contribution in [3.63, 3.8) is 0 Å². The molecule has 5 heteroatoms. The lowest BCUT2D eigenvalue weighted by Crippen LogP contribution is -2.44. The molecule has 5 nitrogen and oxygen atoms in total. The lowest BCUT2D eigenvalue weighted by Gasteiger charge is -2.25. The van der Waals surface area contributed by atoms with E-state index in [2.05, 4.69) is 20.4 Å². The number of H-pyrrole nitrogens is 1. The van der Waals surface area contributed by atoms with E-state index in [9.17, 15) is 0 Å². The van der Waals surface area contributed by atoms with Crippen molar-refractivity contribution in [2.45, 2.75) is 31.6 Å². The number of aromatic amines is 1. The highest BCUT2D eigenvalue weighted by Crippen LogP contribution is 2.60. The fourth-order valence-corrected chi connectivity index (χ4v) is 3.82. The monoisotopic (exact) mass is 247 g/mol. The van der Waals surface area contributed by atoms with Crippen molar-refractivity contribution in [1.29, 1.82) is 0 Å². The summed E-state index contributed by atoms with van der Waals surface area (Å²) in [5.74, 6) is 4.57. The Morgan fingerprint density at radius 1 is 1.06 bits per heavy atom. The molecule has 0 bridgehead atoms. The number of rotatable bonds is 2. The second-order valence-electron chi connectivity index (χ2n) is 5.90. The van der Waals surface area contributed by atoms with Gasteiger partial charge in [-0.3, -0.25) is 5.10 Å². The summed E-state index contributed by atoms with van der Waals surface area (Å²) >= 11 is 0. The molecule has 2 saturated carbocycles. The molecular formula is C13H21N5. The van der Waals surface area contributed by atoms with Crippen LogP contribution in [-0.2, 0) is 0 Å². The molecule has 2 unspecified atom stereocenters. The smallest absolute Gasteiger partial charge is 0.244 e. The molecule has 0 spiro atoms. The Balaban J connectivity index is 1.48. The molecule has 2 N–H and O–H groups in total. The van der Waals surface area contributed by atoms with Crippen molar-refractivity contribution in [1.82, 2.24) is 20.5 Å². The van der Waals surface area contributed by atoms with Crippen LogP contribution >= 0.6 is 0 Å². The molecule has 2 heterocycles. The average Bonchev–Trinajstić information content (AvgIpc) is 2.97. The fourth-order valence-electron chi connectivity index (χ4n) is 3.82. The minimum Gasteiger partial charge on any atom is -0.337 e. The zero-order chi connectivity index (χ0) is 11.9. The number of piperazine rings is 1. The first kappa shape index (κ1) is 10.8. The van der Waals surface area contributed by atoms with Crippen LogP contribution in [0.4, 0.5) is 5.95 Å². The number of fused-ring (bicyclic) bond motifs is 1. The number of nitrogens with zero attached hydrogens (tertiary/aromatic N) is 3. The van der Waals surface area contributed by atoms with Crippen molar-refractivity contribution in [3.05, 3.63) is 5.82 Å². The molecular weight excluding hydrogens is 226 g/mol. The number of nitrogens with one attached hydrogen (secondary N) is 2. The van der Waals surface area contributed by atoms with Crippen LogP contribution in [0.1, 0.15) is 37.4 Å². The first-order valence-corrected chi connectivity index (χ1v) is 7.31. The molecule has 1 aromatic heterocycles. The summed E-state index contributed by atoms with van der Waals surface area (Å²) in [5, 5.41) is 11.0. The molecule has 0 radical (unpaired) electrons. The van der Waals surface area contributed by atoms with Gasteiger partial charge in [-0.25, -0.2) is 0 Å².